The molecule has 0 radical (unpaired) electrons. The van der Waals surface area contributed by atoms with E-state index in [2.05, 4.69) is 12.1 Å². The van der Waals surface area contributed by atoms with Gasteiger partial charge >= 0.3 is 0 Å². The van der Waals surface area contributed by atoms with Gasteiger partial charge in [0.15, 0.2) is 11.6 Å². The average molecular weight is 248 g/mol. The first-order chi connectivity index (χ1) is 8.27. The van der Waals surface area contributed by atoms with E-state index in [0.717, 1.165) is 18.6 Å². The van der Waals surface area contributed by atoms with Crippen LogP contribution in [0.3, 0.4) is 0 Å². The number of hydrogen-bond donors (Lipinski definition) is 0. The van der Waals surface area contributed by atoms with Crippen molar-refractivity contribution in [2.75, 3.05) is 5.75 Å². The van der Waals surface area contributed by atoms with Crippen LogP contribution in [0.2, 0.25) is 0 Å². The molecule has 0 aromatic heterocycles. The summed E-state index contributed by atoms with van der Waals surface area (Å²) in [6.07, 6.45) is 2.82. The molecule has 3 heteroatoms. The van der Waals surface area contributed by atoms with E-state index >= 15 is 0 Å². The third-order valence-electron chi connectivity index (χ3n) is 2.95. The third kappa shape index (κ3) is 3.43. The number of carbonyl (C=O) groups excluding carboxylic acids is 2. The predicted octanol–water partition coefficient (Wildman–Crippen LogP) is 2.65. The average Bonchev–Trinajstić information content (AvgIpc) is 2.34. The van der Waals surface area contributed by atoms with Gasteiger partial charge in [-0.15, -0.1) is 11.8 Å². The van der Waals surface area contributed by atoms with Crippen molar-refractivity contribution in [2.45, 2.75) is 30.9 Å². The monoisotopic (exact) mass is 248 g/mol. The van der Waals surface area contributed by atoms with Crippen molar-refractivity contribution < 1.29 is 9.59 Å². The highest BCUT2D eigenvalue weighted by molar-refractivity contribution is 8.01. The van der Waals surface area contributed by atoms with Crippen LogP contribution >= 0.6 is 11.8 Å². The first-order valence-corrected chi connectivity index (χ1v) is 7.03. The molecule has 1 saturated carbocycles. The Labute approximate surface area is 106 Å². The van der Waals surface area contributed by atoms with Crippen LogP contribution in [0.4, 0.5) is 0 Å². The molecule has 1 aromatic carbocycles. The lowest BCUT2D eigenvalue weighted by Gasteiger charge is -2.18. The zero-order chi connectivity index (χ0) is 12.1. The van der Waals surface area contributed by atoms with Crippen LogP contribution in [0.1, 0.15) is 24.8 Å². The Balaban J connectivity index is 1.81. The molecule has 0 aliphatic heterocycles. The fraction of sp³-hybridized carbons (Fsp3) is 0.429. The Hall–Kier alpha value is -1.09. The number of thioether (sulfide) groups is 1. The van der Waals surface area contributed by atoms with Crippen LogP contribution < -0.4 is 0 Å². The van der Waals surface area contributed by atoms with Crippen LogP contribution in [0.15, 0.2) is 30.3 Å². The molecule has 1 aliphatic rings. The summed E-state index contributed by atoms with van der Waals surface area (Å²) in [6.45, 7) is 0. The molecule has 17 heavy (non-hydrogen) atoms. The molecule has 1 aliphatic carbocycles. The molecule has 90 valence electrons. The van der Waals surface area contributed by atoms with Gasteiger partial charge in [0.2, 0.25) is 0 Å². The molecule has 2 rings (SSSR count). The molecule has 2 nitrogen and oxygen atoms in total. The van der Waals surface area contributed by atoms with Crippen LogP contribution in [-0.4, -0.2) is 22.6 Å². The van der Waals surface area contributed by atoms with Gasteiger partial charge in [0, 0.05) is 12.8 Å². The SMILES string of the molecule is O=C1CCCC(=O)C1SCCc1ccccc1. The van der Waals surface area contributed by atoms with E-state index in [9.17, 15) is 9.59 Å². The van der Waals surface area contributed by atoms with Crippen molar-refractivity contribution in [3.05, 3.63) is 35.9 Å². The molecule has 0 saturated heterocycles. The maximum absolute atomic E-state index is 11.6. The topological polar surface area (TPSA) is 34.1 Å². The number of hydrogen-bond acceptors (Lipinski definition) is 3. The summed E-state index contributed by atoms with van der Waals surface area (Å²) >= 11 is 1.51. The zero-order valence-corrected chi connectivity index (χ0v) is 10.5. The van der Waals surface area contributed by atoms with Gasteiger partial charge in [0.05, 0.1) is 0 Å². The first-order valence-electron chi connectivity index (χ1n) is 5.98. The quantitative estimate of drug-likeness (QED) is 0.768. The lowest BCUT2D eigenvalue weighted by Crippen LogP contribution is -2.31. The first kappa shape index (κ1) is 12.4. The van der Waals surface area contributed by atoms with Crippen molar-refractivity contribution in [3.8, 4) is 0 Å². The van der Waals surface area contributed by atoms with E-state index in [1.54, 1.807) is 0 Å². The van der Waals surface area contributed by atoms with Gasteiger partial charge in [-0.05, 0) is 24.2 Å². The molecular weight excluding hydrogens is 232 g/mol. The van der Waals surface area contributed by atoms with Gasteiger partial charge in [-0.1, -0.05) is 30.3 Å². The van der Waals surface area contributed by atoms with Crippen molar-refractivity contribution >= 4 is 23.3 Å². The normalized spacial score (nSPS) is 17.4. The standard InChI is InChI=1S/C14H16O2S/c15-12-7-4-8-13(16)14(12)17-10-9-11-5-2-1-3-6-11/h1-3,5-6,14H,4,7-10H2. The Morgan fingerprint density at radius 2 is 1.71 bits per heavy atom. The second-order valence-electron chi connectivity index (χ2n) is 4.27. The summed E-state index contributed by atoms with van der Waals surface area (Å²) in [5.74, 6) is 1.09. The minimum Gasteiger partial charge on any atom is -0.298 e. The van der Waals surface area contributed by atoms with E-state index in [0.29, 0.717) is 12.8 Å². The number of benzene rings is 1. The molecule has 0 unspecified atom stereocenters. The fourth-order valence-electron chi connectivity index (χ4n) is 2.00. The maximum Gasteiger partial charge on any atom is 0.153 e. The van der Waals surface area contributed by atoms with Gasteiger partial charge in [0.1, 0.15) is 5.25 Å². The van der Waals surface area contributed by atoms with Gasteiger partial charge in [0.25, 0.3) is 0 Å². The third-order valence-corrected chi connectivity index (χ3v) is 4.25. The number of rotatable bonds is 4. The molecule has 1 aromatic rings. The van der Waals surface area contributed by atoms with Crippen molar-refractivity contribution in [1.29, 1.82) is 0 Å². The summed E-state index contributed by atoms with van der Waals surface area (Å²) in [5, 5.41) is -0.382. The second-order valence-corrected chi connectivity index (χ2v) is 5.49. The highest BCUT2D eigenvalue weighted by atomic mass is 32.2. The molecule has 0 bridgehead atoms. The largest absolute Gasteiger partial charge is 0.298 e. The highest BCUT2D eigenvalue weighted by Crippen LogP contribution is 2.23. The molecule has 0 N–H and O–H groups in total. The van der Waals surface area contributed by atoms with Gasteiger partial charge in [-0.3, -0.25) is 9.59 Å². The summed E-state index contributed by atoms with van der Waals surface area (Å²) < 4.78 is 0. The van der Waals surface area contributed by atoms with Crippen LogP contribution in [0.5, 0.6) is 0 Å². The van der Waals surface area contributed by atoms with Crippen LogP contribution in [0, 0.1) is 0 Å². The van der Waals surface area contributed by atoms with E-state index < -0.39 is 0 Å². The fourth-order valence-corrected chi connectivity index (χ4v) is 3.20. The lowest BCUT2D eigenvalue weighted by molar-refractivity contribution is -0.128. The van der Waals surface area contributed by atoms with Gasteiger partial charge < -0.3 is 0 Å². The molecule has 1 fully saturated rings. The summed E-state index contributed by atoms with van der Waals surface area (Å²) in [5.41, 5.74) is 1.26. The molecule has 0 amide bonds. The summed E-state index contributed by atoms with van der Waals surface area (Å²) in [6, 6.07) is 10.2. The van der Waals surface area contributed by atoms with Crippen molar-refractivity contribution in [3.63, 3.8) is 0 Å². The predicted molar refractivity (Wildman–Crippen MR) is 70.3 cm³/mol. The van der Waals surface area contributed by atoms with Crippen LogP contribution in [-0.2, 0) is 16.0 Å². The van der Waals surface area contributed by atoms with E-state index in [1.165, 1.54) is 17.3 Å². The maximum atomic E-state index is 11.6. The smallest absolute Gasteiger partial charge is 0.153 e. The Morgan fingerprint density at radius 3 is 2.35 bits per heavy atom. The minimum atomic E-state index is -0.382. The molecular formula is C14H16O2S. The minimum absolute atomic E-state index is 0.124. The Kier molecular flexibility index (Phi) is 4.37. The summed E-state index contributed by atoms with van der Waals surface area (Å²) in [4.78, 5) is 23.2. The zero-order valence-electron chi connectivity index (χ0n) is 9.72. The number of carbonyl (C=O) groups is 2. The van der Waals surface area contributed by atoms with E-state index in [-0.39, 0.29) is 16.8 Å². The van der Waals surface area contributed by atoms with E-state index in [4.69, 9.17) is 0 Å². The Bertz CT molecular complexity index is 384. The summed E-state index contributed by atoms with van der Waals surface area (Å²) in [7, 11) is 0. The highest BCUT2D eigenvalue weighted by Gasteiger charge is 2.29. The molecule has 0 heterocycles. The Morgan fingerprint density at radius 1 is 1.06 bits per heavy atom. The van der Waals surface area contributed by atoms with Gasteiger partial charge in [-0.2, -0.15) is 0 Å². The number of ketones is 2. The van der Waals surface area contributed by atoms with Gasteiger partial charge in [-0.25, -0.2) is 0 Å². The molecule has 0 spiro atoms. The number of aryl methyl sites for hydroxylation is 1. The number of Topliss-reactive ketones (excluding diaryl/α,β-unsaturated/α-hetero) is 2. The van der Waals surface area contributed by atoms with Crippen molar-refractivity contribution in [1.82, 2.24) is 0 Å². The lowest BCUT2D eigenvalue weighted by atomic mass is 9.98. The second kappa shape index (κ2) is 6.01. The van der Waals surface area contributed by atoms with Crippen LogP contribution in [0.25, 0.3) is 0 Å². The van der Waals surface area contributed by atoms with Crippen molar-refractivity contribution in [2.24, 2.45) is 0 Å². The van der Waals surface area contributed by atoms with E-state index in [1.807, 2.05) is 18.2 Å². The molecule has 0 atom stereocenters.